The number of benzene rings is 2. The Morgan fingerprint density at radius 2 is 1.71 bits per heavy atom. The van der Waals surface area contributed by atoms with Crippen LogP contribution in [-0.2, 0) is 15.6 Å². The zero-order chi connectivity index (χ0) is 20.6. The average molecular weight is 435 g/mol. The molecule has 2 aromatic rings. The van der Waals surface area contributed by atoms with Crippen molar-refractivity contribution in [2.24, 2.45) is 0 Å². The van der Waals surface area contributed by atoms with Crippen LogP contribution in [0.5, 0.6) is 5.75 Å². The summed E-state index contributed by atoms with van der Waals surface area (Å²) in [6, 6.07) is 11.0. The van der Waals surface area contributed by atoms with E-state index in [2.05, 4.69) is 9.46 Å². The second kappa shape index (κ2) is 7.55. The molecule has 10 heteroatoms. The summed E-state index contributed by atoms with van der Waals surface area (Å²) in [5.74, 6) is -0.487. The maximum absolute atomic E-state index is 12.9. The van der Waals surface area contributed by atoms with Crippen LogP contribution in [0.4, 0.5) is 13.2 Å². The monoisotopic (exact) mass is 434 g/mol. The molecule has 1 aliphatic rings. The zero-order valence-electron chi connectivity index (χ0n) is 14.8. The molecule has 0 aromatic heterocycles. The lowest BCUT2D eigenvalue weighted by atomic mass is 9.90. The number of alkyl halides is 3. The summed E-state index contributed by atoms with van der Waals surface area (Å²) in [7, 11) is -2.11. The highest BCUT2D eigenvalue weighted by Crippen LogP contribution is 2.34. The van der Waals surface area contributed by atoms with E-state index in [0.717, 1.165) is 29.8 Å². The fourth-order valence-corrected chi connectivity index (χ4v) is 4.82. The van der Waals surface area contributed by atoms with Crippen molar-refractivity contribution in [3.63, 3.8) is 0 Å². The molecule has 0 aliphatic carbocycles. The molecule has 5 nitrogen and oxygen atoms in total. The summed E-state index contributed by atoms with van der Waals surface area (Å²) in [6.07, 6.45) is -4.30. The van der Waals surface area contributed by atoms with Gasteiger partial charge in [0.05, 0.1) is 10.4 Å². The molecule has 2 aromatic carbocycles. The third-order valence-electron chi connectivity index (χ3n) is 4.55. The Balaban J connectivity index is 1.89. The van der Waals surface area contributed by atoms with Crippen molar-refractivity contribution in [2.45, 2.75) is 23.2 Å². The molecule has 0 saturated carbocycles. The van der Waals surface area contributed by atoms with Crippen molar-refractivity contribution in [2.75, 3.05) is 20.1 Å². The fraction of sp³-hybridized carbons (Fsp3) is 0.333. The molecule has 152 valence electrons. The standard InChI is InChI=1S/C18H18ClF3N2O3S/c1-24-11-10-17(12-24,13-2-4-14(19)5-3-13)23-28(25,26)16-8-6-15(7-9-16)27-18(20,21)22/h2-9,23H,10-12H2,1H3/t17-/m1/s1. The van der Waals surface area contributed by atoms with Gasteiger partial charge in [-0.25, -0.2) is 8.42 Å². The third kappa shape index (κ3) is 4.78. The van der Waals surface area contributed by atoms with Crippen LogP contribution in [0.1, 0.15) is 12.0 Å². The first kappa shape index (κ1) is 20.9. The highest BCUT2D eigenvalue weighted by molar-refractivity contribution is 7.89. The summed E-state index contributed by atoms with van der Waals surface area (Å²) in [6.45, 7) is 1.13. The Labute approximate surface area is 166 Å². The van der Waals surface area contributed by atoms with Gasteiger partial charge in [0.15, 0.2) is 0 Å². The Morgan fingerprint density at radius 1 is 1.11 bits per heavy atom. The number of sulfonamides is 1. The molecule has 0 spiro atoms. The van der Waals surface area contributed by atoms with Crippen LogP contribution in [0.25, 0.3) is 0 Å². The lowest BCUT2D eigenvalue weighted by Gasteiger charge is -2.31. The molecule has 28 heavy (non-hydrogen) atoms. The number of ether oxygens (including phenoxy) is 1. The first-order valence-electron chi connectivity index (χ1n) is 8.34. The molecule has 1 N–H and O–H groups in total. The predicted molar refractivity (Wildman–Crippen MR) is 98.7 cm³/mol. The Hall–Kier alpha value is -1.81. The molecule has 1 saturated heterocycles. The maximum Gasteiger partial charge on any atom is 0.573 e. The van der Waals surface area contributed by atoms with Gasteiger partial charge in [0.25, 0.3) is 0 Å². The summed E-state index contributed by atoms with van der Waals surface area (Å²) >= 11 is 5.94. The Morgan fingerprint density at radius 3 is 2.21 bits per heavy atom. The summed E-state index contributed by atoms with van der Waals surface area (Å²) in [5, 5.41) is 0.536. The first-order valence-corrected chi connectivity index (χ1v) is 10.2. The van der Waals surface area contributed by atoms with Crippen LogP contribution in [0.2, 0.25) is 5.02 Å². The number of nitrogens with one attached hydrogen (secondary N) is 1. The second-order valence-corrected chi connectivity index (χ2v) is 8.82. The van der Waals surface area contributed by atoms with Crippen LogP contribution < -0.4 is 9.46 Å². The summed E-state index contributed by atoms with van der Waals surface area (Å²) in [5.41, 5.74) is -0.0962. The highest BCUT2D eigenvalue weighted by Gasteiger charge is 2.42. The zero-order valence-corrected chi connectivity index (χ0v) is 16.4. The number of rotatable bonds is 5. The van der Waals surface area contributed by atoms with Gasteiger partial charge >= 0.3 is 6.36 Å². The maximum atomic E-state index is 12.9. The SMILES string of the molecule is CN1CC[C@](NS(=O)(=O)c2ccc(OC(F)(F)F)cc2)(c2ccc(Cl)cc2)C1. The summed E-state index contributed by atoms with van der Waals surface area (Å²) in [4.78, 5) is 1.85. The minimum atomic E-state index is -4.84. The van der Waals surface area contributed by atoms with Crippen molar-refractivity contribution in [1.29, 1.82) is 0 Å². The fourth-order valence-electron chi connectivity index (χ4n) is 3.28. The topological polar surface area (TPSA) is 58.6 Å². The van der Waals surface area contributed by atoms with E-state index in [1.54, 1.807) is 24.3 Å². The van der Waals surface area contributed by atoms with E-state index < -0.39 is 27.7 Å². The molecule has 3 rings (SSSR count). The Bertz CT molecular complexity index is 934. The minimum Gasteiger partial charge on any atom is -0.406 e. The molecule has 1 atom stereocenters. The van der Waals surface area contributed by atoms with E-state index in [1.807, 2.05) is 11.9 Å². The van der Waals surface area contributed by atoms with Gasteiger partial charge < -0.3 is 9.64 Å². The van der Waals surface area contributed by atoms with Crippen LogP contribution in [0.15, 0.2) is 53.4 Å². The van der Waals surface area contributed by atoms with Gasteiger partial charge in [-0.05, 0) is 55.4 Å². The number of likely N-dealkylation sites (tertiary alicyclic amines) is 1. The van der Waals surface area contributed by atoms with E-state index in [1.165, 1.54) is 0 Å². The van der Waals surface area contributed by atoms with E-state index in [4.69, 9.17) is 11.6 Å². The van der Waals surface area contributed by atoms with Gasteiger partial charge in [0.2, 0.25) is 10.0 Å². The molecule has 0 radical (unpaired) electrons. The lowest BCUT2D eigenvalue weighted by Crippen LogP contribution is -2.47. The average Bonchev–Trinajstić information content (AvgIpc) is 2.95. The van der Waals surface area contributed by atoms with Crippen LogP contribution in [0, 0.1) is 0 Å². The van der Waals surface area contributed by atoms with Crippen molar-refractivity contribution in [1.82, 2.24) is 9.62 Å². The van der Waals surface area contributed by atoms with Gasteiger partial charge in [0, 0.05) is 18.1 Å². The number of hydrogen-bond acceptors (Lipinski definition) is 4. The van der Waals surface area contributed by atoms with E-state index >= 15 is 0 Å². The smallest absolute Gasteiger partial charge is 0.406 e. The van der Waals surface area contributed by atoms with Gasteiger partial charge in [-0.3, -0.25) is 0 Å². The molecular formula is C18H18ClF3N2O3S. The number of nitrogens with zero attached hydrogens (tertiary/aromatic N) is 1. The first-order chi connectivity index (χ1) is 13.0. The van der Waals surface area contributed by atoms with E-state index in [9.17, 15) is 21.6 Å². The molecule has 1 aliphatic heterocycles. The van der Waals surface area contributed by atoms with Gasteiger partial charge in [-0.1, -0.05) is 23.7 Å². The molecule has 1 heterocycles. The van der Waals surface area contributed by atoms with Gasteiger partial charge in [0.1, 0.15) is 5.75 Å². The van der Waals surface area contributed by atoms with Gasteiger partial charge in [-0.15, -0.1) is 13.2 Å². The van der Waals surface area contributed by atoms with Crippen LogP contribution in [-0.4, -0.2) is 39.8 Å². The van der Waals surface area contributed by atoms with Crippen molar-refractivity contribution in [3.05, 3.63) is 59.1 Å². The number of halogens is 4. The lowest BCUT2D eigenvalue weighted by molar-refractivity contribution is -0.274. The van der Waals surface area contributed by atoms with E-state index in [0.29, 0.717) is 24.5 Å². The molecule has 0 bridgehead atoms. The largest absolute Gasteiger partial charge is 0.573 e. The minimum absolute atomic E-state index is 0.148. The van der Waals surface area contributed by atoms with Gasteiger partial charge in [-0.2, -0.15) is 4.72 Å². The predicted octanol–water partition coefficient (Wildman–Crippen LogP) is 3.75. The van der Waals surface area contributed by atoms with Crippen molar-refractivity contribution in [3.8, 4) is 5.75 Å². The highest BCUT2D eigenvalue weighted by atomic mass is 35.5. The summed E-state index contributed by atoms with van der Waals surface area (Å²) < 4.78 is 69.2. The molecule has 0 amide bonds. The number of hydrogen-bond donors (Lipinski definition) is 1. The van der Waals surface area contributed by atoms with Crippen molar-refractivity contribution >= 4 is 21.6 Å². The van der Waals surface area contributed by atoms with E-state index in [-0.39, 0.29) is 4.90 Å². The molecule has 1 fully saturated rings. The molecular weight excluding hydrogens is 417 g/mol. The molecule has 0 unspecified atom stereocenters. The van der Waals surface area contributed by atoms with Crippen LogP contribution in [0.3, 0.4) is 0 Å². The van der Waals surface area contributed by atoms with Crippen LogP contribution >= 0.6 is 11.6 Å². The normalized spacial score (nSPS) is 21.0. The Kier molecular flexibility index (Phi) is 5.64. The number of likely N-dealkylation sites (N-methyl/N-ethyl adjacent to an activating group) is 1. The van der Waals surface area contributed by atoms with Crippen molar-refractivity contribution < 1.29 is 26.3 Å². The third-order valence-corrected chi connectivity index (χ3v) is 6.36. The quantitative estimate of drug-likeness (QED) is 0.778. The second-order valence-electron chi connectivity index (χ2n) is 6.70.